The van der Waals surface area contributed by atoms with Gasteiger partial charge in [-0.3, -0.25) is 4.79 Å². The van der Waals surface area contributed by atoms with E-state index < -0.39 is 12.0 Å². The Kier molecular flexibility index (Phi) is 3.94. The second kappa shape index (κ2) is 4.25. The summed E-state index contributed by atoms with van der Waals surface area (Å²) in [6, 6.07) is -0.853. The Hall–Kier alpha value is -0.650. The summed E-state index contributed by atoms with van der Waals surface area (Å²) in [5.74, 6) is -1.02. The number of carbonyl (C=O) groups is 1. The number of nitrogens with one attached hydrogen (secondary N) is 1. The minimum atomic E-state index is -1.02. The fourth-order valence-electron chi connectivity index (χ4n) is 0.326. The van der Waals surface area contributed by atoms with E-state index in [-0.39, 0.29) is 13.2 Å². The van der Waals surface area contributed by atoms with Crippen LogP contribution >= 0.6 is 0 Å². The molecule has 5 heteroatoms. The normalized spacial score (nSPS) is 13.1. The van der Waals surface area contributed by atoms with Crippen LogP contribution in [0.3, 0.4) is 0 Å². The minimum absolute atomic E-state index is 0.214. The summed E-state index contributed by atoms with van der Waals surface area (Å²) >= 11 is 0. The summed E-state index contributed by atoms with van der Waals surface area (Å²) in [7, 11) is 0. The summed E-state index contributed by atoms with van der Waals surface area (Å²) in [4.78, 5) is 10.00. The first-order chi connectivity index (χ1) is 4.18. The summed E-state index contributed by atoms with van der Waals surface area (Å²) in [6.07, 6.45) is 0. The lowest BCUT2D eigenvalue weighted by atomic mass is 10.3. The molecule has 1 atom stereocenters. The predicted octanol–water partition coefficient (Wildman–Crippen LogP) is -2.10. The maximum Gasteiger partial charge on any atom is 0.321 e. The highest BCUT2D eigenvalue weighted by Crippen LogP contribution is 1.72. The first-order valence-electron chi connectivity index (χ1n) is 2.57. The van der Waals surface area contributed by atoms with Gasteiger partial charge in [-0.15, -0.1) is 0 Å². The second-order valence-corrected chi connectivity index (χ2v) is 1.60. The molecule has 0 unspecified atom stereocenters. The molecule has 0 aliphatic heterocycles. The van der Waals surface area contributed by atoms with Gasteiger partial charge in [0.1, 0.15) is 6.04 Å². The first kappa shape index (κ1) is 8.35. The number of aliphatic carboxylic acids is 1. The minimum Gasteiger partial charge on any atom is -0.480 e. The molecular formula is C4H11N3O2. The van der Waals surface area contributed by atoms with Gasteiger partial charge < -0.3 is 21.9 Å². The maximum absolute atomic E-state index is 10.00. The molecule has 5 nitrogen and oxygen atoms in total. The Balaban J connectivity index is 3.27. The lowest BCUT2D eigenvalue weighted by molar-refractivity contribution is -0.138. The number of hydrogen-bond acceptors (Lipinski definition) is 4. The molecule has 0 saturated carbocycles. The molecule has 9 heavy (non-hydrogen) atoms. The van der Waals surface area contributed by atoms with Crippen LogP contribution in [0.1, 0.15) is 0 Å². The Morgan fingerprint density at radius 1 is 1.78 bits per heavy atom. The molecule has 0 aromatic heterocycles. The van der Waals surface area contributed by atoms with Crippen LogP contribution in [0.15, 0.2) is 0 Å². The van der Waals surface area contributed by atoms with Crippen LogP contribution in [0.5, 0.6) is 0 Å². The third-order valence-corrected chi connectivity index (χ3v) is 0.826. The predicted molar refractivity (Wildman–Crippen MR) is 32.7 cm³/mol. The maximum atomic E-state index is 10.00. The zero-order valence-electron chi connectivity index (χ0n) is 5.00. The van der Waals surface area contributed by atoms with E-state index in [1.807, 2.05) is 0 Å². The molecule has 0 amide bonds. The molecule has 6 N–H and O–H groups in total. The molecule has 0 aromatic carbocycles. The molecule has 0 radical (unpaired) electrons. The zero-order chi connectivity index (χ0) is 7.28. The highest BCUT2D eigenvalue weighted by molar-refractivity contribution is 5.73. The van der Waals surface area contributed by atoms with Gasteiger partial charge in [-0.2, -0.15) is 0 Å². The van der Waals surface area contributed by atoms with Gasteiger partial charge in [0, 0.05) is 13.2 Å². The van der Waals surface area contributed by atoms with Gasteiger partial charge >= 0.3 is 5.97 Å². The van der Waals surface area contributed by atoms with Crippen molar-refractivity contribution in [2.75, 3.05) is 13.2 Å². The Morgan fingerprint density at radius 3 is 2.67 bits per heavy atom. The number of nitrogens with two attached hydrogens (primary N) is 2. The van der Waals surface area contributed by atoms with E-state index in [1.54, 1.807) is 0 Å². The second-order valence-electron chi connectivity index (χ2n) is 1.60. The fraction of sp³-hybridized carbons (Fsp3) is 0.750. The average molecular weight is 133 g/mol. The van der Waals surface area contributed by atoms with Crippen molar-refractivity contribution in [2.45, 2.75) is 6.04 Å². The van der Waals surface area contributed by atoms with E-state index in [1.165, 1.54) is 0 Å². The van der Waals surface area contributed by atoms with Gasteiger partial charge in [-0.1, -0.05) is 0 Å². The van der Waals surface area contributed by atoms with Gasteiger partial charge in [0.2, 0.25) is 0 Å². The topological polar surface area (TPSA) is 101 Å². The molecule has 0 saturated heterocycles. The average Bonchev–Trinajstić information content (AvgIpc) is 1.82. The van der Waals surface area contributed by atoms with Crippen molar-refractivity contribution in [1.29, 1.82) is 0 Å². The van der Waals surface area contributed by atoms with Crippen molar-refractivity contribution in [3.05, 3.63) is 0 Å². The largest absolute Gasteiger partial charge is 0.480 e. The zero-order valence-corrected chi connectivity index (χ0v) is 5.00. The SMILES string of the molecule is NCNC[C@H](N)C(=O)O. The third kappa shape index (κ3) is 3.89. The summed E-state index contributed by atoms with van der Waals surface area (Å²) in [6.45, 7) is 0.465. The van der Waals surface area contributed by atoms with Crippen LogP contribution in [0, 0.1) is 0 Å². The fourth-order valence-corrected chi connectivity index (χ4v) is 0.326. The van der Waals surface area contributed by atoms with Crippen LogP contribution in [0.25, 0.3) is 0 Å². The summed E-state index contributed by atoms with van der Waals surface area (Å²) in [5.41, 5.74) is 10.1. The van der Waals surface area contributed by atoms with Crippen LogP contribution in [0.2, 0.25) is 0 Å². The number of rotatable bonds is 4. The monoisotopic (exact) mass is 133 g/mol. The molecule has 0 aliphatic rings. The Labute approximate surface area is 53.0 Å². The van der Waals surface area contributed by atoms with Crippen molar-refractivity contribution in [2.24, 2.45) is 11.5 Å². The lowest BCUT2D eigenvalue weighted by Crippen LogP contribution is -2.41. The van der Waals surface area contributed by atoms with Crippen molar-refractivity contribution in [3.63, 3.8) is 0 Å². The molecule has 0 heterocycles. The molecule has 54 valence electrons. The smallest absolute Gasteiger partial charge is 0.321 e. The van der Waals surface area contributed by atoms with Gasteiger partial charge in [0.15, 0.2) is 0 Å². The van der Waals surface area contributed by atoms with Crippen LogP contribution in [-0.2, 0) is 4.79 Å². The molecule has 0 fully saturated rings. The lowest BCUT2D eigenvalue weighted by Gasteiger charge is -2.04. The van der Waals surface area contributed by atoms with Gasteiger partial charge in [-0.25, -0.2) is 0 Å². The summed E-state index contributed by atoms with van der Waals surface area (Å²) in [5, 5.41) is 10.8. The van der Waals surface area contributed by atoms with Crippen molar-refractivity contribution < 1.29 is 9.90 Å². The number of hydrogen-bond donors (Lipinski definition) is 4. The first-order valence-corrected chi connectivity index (χ1v) is 2.57. The van der Waals surface area contributed by atoms with E-state index in [9.17, 15) is 4.79 Å². The third-order valence-electron chi connectivity index (χ3n) is 0.826. The Bertz CT molecular complexity index is 95.8. The van der Waals surface area contributed by atoms with Crippen LogP contribution < -0.4 is 16.8 Å². The van der Waals surface area contributed by atoms with Crippen molar-refractivity contribution >= 4 is 5.97 Å². The Morgan fingerprint density at radius 2 is 2.33 bits per heavy atom. The van der Waals surface area contributed by atoms with E-state index in [0.717, 1.165) is 0 Å². The number of carboxylic acids is 1. The molecule has 0 aromatic rings. The number of carboxylic acid groups (broad SMARTS) is 1. The van der Waals surface area contributed by atoms with Gasteiger partial charge in [0.05, 0.1) is 0 Å². The van der Waals surface area contributed by atoms with Gasteiger partial charge in [0.25, 0.3) is 0 Å². The van der Waals surface area contributed by atoms with Crippen LogP contribution in [0.4, 0.5) is 0 Å². The van der Waals surface area contributed by atoms with Crippen molar-refractivity contribution in [1.82, 2.24) is 5.32 Å². The molecule has 0 bridgehead atoms. The van der Waals surface area contributed by atoms with E-state index in [4.69, 9.17) is 16.6 Å². The molecular weight excluding hydrogens is 122 g/mol. The quantitative estimate of drug-likeness (QED) is 0.329. The van der Waals surface area contributed by atoms with Crippen LogP contribution in [-0.4, -0.2) is 30.3 Å². The standard InChI is InChI=1S/C4H11N3O2/c5-2-7-1-3(6)4(8)9/h3,7H,1-2,5-6H2,(H,8,9)/t3-/m0/s1. The summed E-state index contributed by atoms with van der Waals surface area (Å²) < 4.78 is 0. The van der Waals surface area contributed by atoms with E-state index >= 15 is 0 Å². The molecule has 0 rings (SSSR count). The molecule has 0 aliphatic carbocycles. The van der Waals surface area contributed by atoms with E-state index in [0.29, 0.717) is 0 Å². The highest BCUT2D eigenvalue weighted by Gasteiger charge is 2.08. The molecule has 0 spiro atoms. The van der Waals surface area contributed by atoms with E-state index in [2.05, 4.69) is 5.32 Å². The highest BCUT2D eigenvalue weighted by atomic mass is 16.4. The van der Waals surface area contributed by atoms with Gasteiger partial charge in [-0.05, 0) is 0 Å². The van der Waals surface area contributed by atoms with Crippen molar-refractivity contribution in [3.8, 4) is 0 Å².